The molecule has 0 unspecified atom stereocenters. The average molecular weight is 307 g/mol. The van der Waals surface area contributed by atoms with Crippen LogP contribution in [0, 0.1) is 10.1 Å². The van der Waals surface area contributed by atoms with Crippen molar-refractivity contribution in [3.8, 4) is 11.5 Å². The molecule has 1 rings (SSSR count). The molecule has 9 nitrogen and oxygen atoms in total. The number of nitrogens with two attached hydrogens (primary N) is 2. The van der Waals surface area contributed by atoms with Crippen LogP contribution in [0.15, 0.2) is 22.3 Å². The zero-order chi connectivity index (χ0) is 16.2. The molecule has 1 aromatic rings. The van der Waals surface area contributed by atoms with Crippen LogP contribution in [-0.4, -0.2) is 28.6 Å². The number of hydrogen-bond acceptors (Lipinski definition) is 6. The Balaban J connectivity index is 3.31. The zero-order valence-corrected chi connectivity index (χ0v) is 10.0. The van der Waals surface area contributed by atoms with Gasteiger partial charge in [-0.25, -0.2) is 0 Å². The van der Waals surface area contributed by atoms with Crippen molar-refractivity contribution in [2.45, 2.75) is 6.36 Å². The van der Waals surface area contributed by atoms with E-state index in [0.717, 1.165) is 6.21 Å². The molecule has 0 saturated carbocycles. The van der Waals surface area contributed by atoms with Crippen LogP contribution in [0.1, 0.15) is 5.56 Å². The molecule has 0 saturated heterocycles. The molecule has 12 heteroatoms. The van der Waals surface area contributed by atoms with Gasteiger partial charge in [0, 0.05) is 5.56 Å². The fourth-order valence-electron chi connectivity index (χ4n) is 1.20. The maximum atomic E-state index is 12.1. The van der Waals surface area contributed by atoms with Gasteiger partial charge in [0.25, 0.3) is 0 Å². The minimum Gasteiger partial charge on any atom is -0.502 e. The normalized spacial score (nSPS) is 11.4. The molecule has 0 aliphatic heterocycles. The van der Waals surface area contributed by atoms with E-state index in [0.29, 0.717) is 12.1 Å². The lowest BCUT2D eigenvalue weighted by Gasteiger charge is -2.10. The topological polar surface area (TPSA) is 149 Å². The highest BCUT2D eigenvalue weighted by Gasteiger charge is 2.32. The molecular formula is C9H8F3N5O4. The number of rotatable bonds is 4. The number of aromatic hydroxyl groups is 1. The highest BCUT2D eigenvalue weighted by Crippen LogP contribution is 2.35. The first-order valence-corrected chi connectivity index (χ1v) is 4.99. The molecule has 0 aromatic heterocycles. The van der Waals surface area contributed by atoms with E-state index in [1.165, 1.54) is 0 Å². The Morgan fingerprint density at radius 2 is 2.05 bits per heavy atom. The Hall–Kier alpha value is -3.05. The quantitative estimate of drug-likeness (QED) is 0.324. The van der Waals surface area contributed by atoms with E-state index in [2.05, 4.69) is 14.9 Å². The maximum Gasteiger partial charge on any atom is 0.573 e. The molecular weight excluding hydrogens is 299 g/mol. The van der Waals surface area contributed by atoms with Crippen molar-refractivity contribution in [2.75, 3.05) is 0 Å². The predicted octanol–water partition coefficient (Wildman–Crippen LogP) is 0.806. The molecule has 0 aliphatic carbocycles. The summed E-state index contributed by atoms with van der Waals surface area (Å²) >= 11 is 0. The highest BCUT2D eigenvalue weighted by molar-refractivity contribution is 5.87. The number of ether oxygens (including phenoxy) is 1. The number of halogens is 3. The lowest BCUT2D eigenvalue weighted by molar-refractivity contribution is -0.386. The second kappa shape index (κ2) is 5.94. The van der Waals surface area contributed by atoms with Gasteiger partial charge in [-0.2, -0.15) is 5.10 Å². The number of nitrogens with zero attached hydrogens (tertiary/aromatic N) is 3. The summed E-state index contributed by atoms with van der Waals surface area (Å²) in [5, 5.41) is 26.6. The first-order chi connectivity index (χ1) is 9.60. The van der Waals surface area contributed by atoms with Crippen LogP contribution in [0.5, 0.6) is 11.5 Å². The third kappa shape index (κ3) is 4.85. The van der Waals surface area contributed by atoms with Crippen LogP contribution in [0.4, 0.5) is 18.9 Å². The van der Waals surface area contributed by atoms with Crippen LogP contribution in [0.2, 0.25) is 0 Å². The third-order valence-corrected chi connectivity index (χ3v) is 1.89. The first kappa shape index (κ1) is 16.0. The molecule has 0 spiro atoms. The number of nitro groups is 1. The molecule has 0 amide bonds. The summed E-state index contributed by atoms with van der Waals surface area (Å²) in [4.78, 5) is 9.58. The Bertz CT molecular complexity index is 610. The molecule has 1 aromatic carbocycles. The standard InChI is InChI=1S/C9H8F3N5O4/c10-9(11,12)21-5-1-4(3-15-16-8(13)14)7(18)6(2-5)17(19)20/h1-3,18H,(H4,13,14,16). The van der Waals surface area contributed by atoms with E-state index >= 15 is 0 Å². The Kier molecular flexibility index (Phi) is 4.53. The van der Waals surface area contributed by atoms with Crippen LogP contribution < -0.4 is 16.2 Å². The molecule has 21 heavy (non-hydrogen) atoms. The fraction of sp³-hybridized carbons (Fsp3) is 0.111. The number of hydrogen-bond donors (Lipinski definition) is 3. The van der Waals surface area contributed by atoms with E-state index < -0.39 is 40.0 Å². The van der Waals surface area contributed by atoms with Crippen molar-refractivity contribution in [2.24, 2.45) is 21.7 Å². The van der Waals surface area contributed by atoms with Crippen molar-refractivity contribution in [1.29, 1.82) is 0 Å². The lowest BCUT2D eigenvalue weighted by Crippen LogP contribution is -2.21. The summed E-state index contributed by atoms with van der Waals surface area (Å²) < 4.78 is 39.9. The van der Waals surface area contributed by atoms with E-state index in [9.17, 15) is 28.4 Å². The second-order valence-corrected chi connectivity index (χ2v) is 3.45. The summed E-state index contributed by atoms with van der Waals surface area (Å²) in [5.74, 6) is -2.27. The van der Waals surface area contributed by atoms with Crippen molar-refractivity contribution in [3.63, 3.8) is 0 Å². The van der Waals surface area contributed by atoms with Crippen molar-refractivity contribution in [1.82, 2.24) is 0 Å². The number of nitro benzene ring substituents is 1. The molecule has 114 valence electrons. The Morgan fingerprint density at radius 1 is 1.43 bits per heavy atom. The number of phenols is 1. The summed E-state index contributed by atoms with van der Waals surface area (Å²) in [6.07, 6.45) is -4.33. The van der Waals surface area contributed by atoms with E-state index in [1.807, 2.05) is 0 Å². The van der Waals surface area contributed by atoms with Gasteiger partial charge in [0.2, 0.25) is 11.7 Å². The molecule has 0 bridgehead atoms. The molecule has 0 radical (unpaired) electrons. The van der Waals surface area contributed by atoms with Crippen LogP contribution >= 0.6 is 0 Å². The largest absolute Gasteiger partial charge is 0.573 e. The van der Waals surface area contributed by atoms with Gasteiger partial charge in [-0.3, -0.25) is 10.1 Å². The summed E-state index contributed by atoms with van der Waals surface area (Å²) in [6, 6.07) is 1.10. The smallest absolute Gasteiger partial charge is 0.502 e. The first-order valence-electron chi connectivity index (χ1n) is 4.99. The van der Waals surface area contributed by atoms with E-state index in [4.69, 9.17) is 11.5 Å². The Labute approximate surface area is 114 Å². The number of phenolic OH excluding ortho intramolecular Hbond substituents is 1. The SMILES string of the molecule is NC(N)=NN=Cc1cc(OC(F)(F)F)cc([N+](=O)[O-])c1O. The van der Waals surface area contributed by atoms with Crippen molar-refractivity contribution < 1.29 is 27.9 Å². The van der Waals surface area contributed by atoms with Gasteiger partial charge < -0.3 is 21.3 Å². The van der Waals surface area contributed by atoms with Crippen LogP contribution in [0.25, 0.3) is 0 Å². The van der Waals surface area contributed by atoms with Crippen molar-refractivity contribution >= 4 is 17.9 Å². The third-order valence-electron chi connectivity index (χ3n) is 1.89. The highest BCUT2D eigenvalue weighted by atomic mass is 19.4. The maximum absolute atomic E-state index is 12.1. The summed E-state index contributed by atoms with van der Waals surface area (Å²) in [5.41, 5.74) is 8.48. The lowest BCUT2D eigenvalue weighted by atomic mass is 10.1. The minimum atomic E-state index is -5.06. The monoisotopic (exact) mass is 307 g/mol. The van der Waals surface area contributed by atoms with Gasteiger partial charge in [0.15, 0.2) is 0 Å². The van der Waals surface area contributed by atoms with E-state index in [-0.39, 0.29) is 0 Å². The van der Waals surface area contributed by atoms with Gasteiger partial charge in [-0.15, -0.1) is 18.3 Å². The van der Waals surface area contributed by atoms with Crippen molar-refractivity contribution in [3.05, 3.63) is 27.8 Å². The van der Waals surface area contributed by atoms with Gasteiger partial charge in [-0.05, 0) is 6.07 Å². The summed E-state index contributed by atoms with van der Waals surface area (Å²) in [7, 11) is 0. The number of benzene rings is 1. The summed E-state index contributed by atoms with van der Waals surface area (Å²) in [6.45, 7) is 0. The van der Waals surface area contributed by atoms with Crippen LogP contribution in [0.3, 0.4) is 0 Å². The van der Waals surface area contributed by atoms with Crippen LogP contribution in [-0.2, 0) is 0 Å². The molecule has 0 heterocycles. The van der Waals surface area contributed by atoms with E-state index in [1.54, 1.807) is 0 Å². The fourth-order valence-corrected chi connectivity index (χ4v) is 1.20. The average Bonchev–Trinajstić information content (AvgIpc) is 2.30. The zero-order valence-electron chi connectivity index (χ0n) is 10.0. The molecule has 0 atom stereocenters. The molecule has 0 fully saturated rings. The van der Waals surface area contributed by atoms with Gasteiger partial charge in [-0.1, -0.05) is 0 Å². The number of guanidine groups is 1. The van der Waals surface area contributed by atoms with Gasteiger partial charge in [0.05, 0.1) is 17.2 Å². The minimum absolute atomic E-state index is 0.417. The molecule has 0 aliphatic rings. The second-order valence-electron chi connectivity index (χ2n) is 3.45. The van der Waals surface area contributed by atoms with Gasteiger partial charge >= 0.3 is 12.0 Å². The molecule has 5 N–H and O–H groups in total. The number of alkyl halides is 3. The predicted molar refractivity (Wildman–Crippen MR) is 64.8 cm³/mol. The van der Waals surface area contributed by atoms with Gasteiger partial charge in [0.1, 0.15) is 5.75 Å². The Morgan fingerprint density at radius 3 is 2.52 bits per heavy atom.